The summed E-state index contributed by atoms with van der Waals surface area (Å²) < 4.78 is 21.0. The van der Waals surface area contributed by atoms with Gasteiger partial charge in [-0.25, -0.2) is 4.39 Å². The number of nitrogens with one attached hydrogen (secondary N) is 2. The van der Waals surface area contributed by atoms with E-state index in [1.165, 1.54) is 18.2 Å². The summed E-state index contributed by atoms with van der Waals surface area (Å²) in [5.41, 5.74) is 2.88. The van der Waals surface area contributed by atoms with Crippen LogP contribution in [0.4, 0.5) is 15.8 Å². The lowest BCUT2D eigenvalue weighted by Gasteiger charge is -2.16. The fourth-order valence-corrected chi connectivity index (χ4v) is 4.37. The minimum absolute atomic E-state index is 0.0305. The Hall–Kier alpha value is -5.05. The van der Waals surface area contributed by atoms with Crippen molar-refractivity contribution in [3.8, 4) is 11.5 Å². The summed E-state index contributed by atoms with van der Waals surface area (Å²) in [7, 11) is 3.82. The summed E-state index contributed by atoms with van der Waals surface area (Å²) in [6, 6.07) is 14.9. The molecule has 2 N–H and O–H groups in total. The summed E-state index contributed by atoms with van der Waals surface area (Å²) >= 11 is 0. The summed E-state index contributed by atoms with van der Waals surface area (Å²) in [5, 5.41) is 6.10. The maximum absolute atomic E-state index is 15.1. The van der Waals surface area contributed by atoms with Gasteiger partial charge >= 0.3 is 0 Å². The van der Waals surface area contributed by atoms with E-state index in [2.05, 4.69) is 27.2 Å². The Morgan fingerprint density at radius 3 is 2.29 bits per heavy atom. The molecule has 8 nitrogen and oxygen atoms in total. The van der Waals surface area contributed by atoms with E-state index in [0.29, 0.717) is 40.9 Å². The third-order valence-electron chi connectivity index (χ3n) is 6.84. The lowest BCUT2D eigenvalue weighted by Crippen LogP contribution is -2.35. The van der Waals surface area contributed by atoms with Crippen LogP contribution in [0, 0.1) is 18.2 Å². The van der Waals surface area contributed by atoms with Crippen LogP contribution in [0.15, 0.2) is 85.8 Å². The Labute approximate surface area is 237 Å². The minimum Gasteiger partial charge on any atom is -0.453 e. The summed E-state index contributed by atoms with van der Waals surface area (Å²) in [6.45, 7) is 5.81. The molecule has 1 fully saturated rings. The average Bonchev–Trinajstić information content (AvgIpc) is 3.77. The first-order valence-corrected chi connectivity index (χ1v) is 13.1. The topological polar surface area (TPSA) is 96.5 Å². The van der Waals surface area contributed by atoms with Crippen molar-refractivity contribution in [1.82, 2.24) is 14.9 Å². The number of halogens is 1. The fraction of sp³-hybridized carbons (Fsp3) is 0.188. The van der Waals surface area contributed by atoms with Gasteiger partial charge in [-0.05, 0) is 56.2 Å². The van der Waals surface area contributed by atoms with Gasteiger partial charge in [-0.3, -0.25) is 19.6 Å². The van der Waals surface area contributed by atoms with E-state index in [1.807, 2.05) is 50.3 Å². The second-order valence-electron chi connectivity index (χ2n) is 10.3. The number of aryl methyl sites for hydroxylation is 1. The quantitative estimate of drug-likeness (QED) is 0.187. The van der Waals surface area contributed by atoms with E-state index >= 15 is 4.39 Å². The highest BCUT2D eigenvalue weighted by Gasteiger charge is 2.56. The Morgan fingerprint density at radius 1 is 0.976 bits per heavy atom. The Bertz CT molecular complexity index is 1680. The molecule has 0 radical (unpaired) electrons. The number of rotatable bonds is 9. The maximum atomic E-state index is 15.1. The van der Waals surface area contributed by atoms with Crippen molar-refractivity contribution >= 4 is 39.7 Å². The van der Waals surface area contributed by atoms with Crippen molar-refractivity contribution in [2.75, 3.05) is 24.7 Å². The van der Waals surface area contributed by atoms with Gasteiger partial charge in [0.1, 0.15) is 11.2 Å². The first-order valence-electron chi connectivity index (χ1n) is 13.1. The van der Waals surface area contributed by atoms with Crippen molar-refractivity contribution in [1.29, 1.82) is 0 Å². The van der Waals surface area contributed by atoms with E-state index in [-0.39, 0.29) is 17.3 Å². The Morgan fingerprint density at radius 2 is 1.66 bits per heavy atom. The lowest BCUT2D eigenvalue weighted by molar-refractivity contribution is -0.131. The van der Waals surface area contributed by atoms with Gasteiger partial charge in [0, 0.05) is 55.7 Å². The second-order valence-corrected chi connectivity index (χ2v) is 10.3. The number of carbonyl (C=O) groups is 2. The zero-order valence-corrected chi connectivity index (χ0v) is 23.1. The van der Waals surface area contributed by atoms with Crippen LogP contribution in [-0.4, -0.2) is 40.8 Å². The molecule has 2 aromatic carbocycles. The molecule has 41 heavy (non-hydrogen) atoms. The highest BCUT2D eigenvalue weighted by Crippen LogP contribution is 2.47. The third-order valence-corrected chi connectivity index (χ3v) is 6.84. The number of anilines is 2. The maximum Gasteiger partial charge on any atom is 0.240 e. The zero-order valence-electron chi connectivity index (χ0n) is 23.1. The van der Waals surface area contributed by atoms with Gasteiger partial charge in [-0.2, -0.15) is 0 Å². The zero-order chi connectivity index (χ0) is 29.1. The molecule has 2 heterocycles. The van der Waals surface area contributed by atoms with Gasteiger partial charge in [-0.15, -0.1) is 0 Å². The van der Waals surface area contributed by atoms with Crippen molar-refractivity contribution in [3.63, 3.8) is 0 Å². The van der Waals surface area contributed by atoms with Crippen LogP contribution < -0.4 is 15.4 Å². The number of aromatic nitrogens is 2. The van der Waals surface area contributed by atoms with E-state index in [1.54, 1.807) is 36.7 Å². The molecule has 2 aromatic heterocycles. The van der Waals surface area contributed by atoms with E-state index < -0.39 is 17.1 Å². The predicted molar refractivity (Wildman–Crippen MR) is 158 cm³/mol. The van der Waals surface area contributed by atoms with E-state index in [9.17, 15) is 9.59 Å². The predicted octanol–water partition coefficient (Wildman–Crippen LogP) is 6.32. The largest absolute Gasteiger partial charge is 0.453 e. The van der Waals surface area contributed by atoms with Crippen molar-refractivity contribution in [2.24, 2.45) is 5.41 Å². The average molecular weight is 552 g/mol. The molecule has 0 spiro atoms. The number of carbonyl (C=O) groups excluding carboxylic acids is 2. The number of hydrogen-bond acceptors (Lipinski definition) is 6. The molecule has 5 rings (SSSR count). The first-order chi connectivity index (χ1) is 19.7. The molecule has 0 unspecified atom stereocenters. The van der Waals surface area contributed by atoms with Crippen molar-refractivity contribution < 1.29 is 18.7 Å². The number of fused-ring (bicyclic) bond motifs is 1. The smallest absolute Gasteiger partial charge is 0.240 e. The van der Waals surface area contributed by atoms with E-state index in [4.69, 9.17) is 4.74 Å². The van der Waals surface area contributed by atoms with Crippen LogP contribution in [0.2, 0.25) is 0 Å². The number of pyridine rings is 2. The molecule has 0 atom stereocenters. The molecule has 0 aliphatic heterocycles. The summed E-state index contributed by atoms with van der Waals surface area (Å²) in [5.74, 6) is -1.17. The van der Waals surface area contributed by atoms with Gasteiger partial charge in [0.25, 0.3) is 0 Å². The van der Waals surface area contributed by atoms with Crippen LogP contribution in [0.3, 0.4) is 0 Å². The number of amides is 2. The van der Waals surface area contributed by atoms with Crippen molar-refractivity contribution in [2.45, 2.75) is 19.8 Å². The highest BCUT2D eigenvalue weighted by molar-refractivity contribution is 6.16. The number of allylic oxidation sites excluding steroid dienone is 2. The number of hydrogen-bond donors (Lipinski definition) is 2. The van der Waals surface area contributed by atoms with Crippen LogP contribution >= 0.6 is 0 Å². The summed E-state index contributed by atoms with van der Waals surface area (Å²) in [4.78, 5) is 36.7. The van der Waals surface area contributed by atoms with Crippen molar-refractivity contribution in [3.05, 3.63) is 103 Å². The molecule has 208 valence electrons. The summed E-state index contributed by atoms with van der Waals surface area (Å²) in [6.07, 6.45) is 7.66. The molecular weight excluding hydrogens is 521 g/mol. The Kier molecular flexibility index (Phi) is 7.52. The molecule has 0 saturated heterocycles. The normalized spacial score (nSPS) is 13.8. The molecule has 2 amide bonds. The lowest BCUT2D eigenvalue weighted by atomic mass is 10.0. The Balaban J connectivity index is 1.30. The standard InChI is InChI=1S/C32H30FN5O3/c1-5-21(19-38(3)4)26-17-27-24(18-35-26)28(12-15-34-27)41-29-11-10-23(16-25(29)33)37-31(40)32(13-14-32)30(39)36-22-8-6-20(2)7-9-22/h5-12,15-19H,1,13-14H2,2-4H3,(H,36,39)(H,37,40)/b21-19+. The van der Waals surface area contributed by atoms with Gasteiger partial charge in [0.05, 0.1) is 16.6 Å². The van der Waals surface area contributed by atoms with Gasteiger partial charge in [0.15, 0.2) is 11.6 Å². The van der Waals surface area contributed by atoms with Crippen LogP contribution in [0.5, 0.6) is 11.5 Å². The minimum atomic E-state index is -1.18. The van der Waals surface area contributed by atoms with Crippen LogP contribution in [0.25, 0.3) is 16.5 Å². The van der Waals surface area contributed by atoms with Crippen LogP contribution in [0.1, 0.15) is 24.1 Å². The number of ether oxygens (including phenoxy) is 1. The van der Waals surface area contributed by atoms with Gasteiger partial charge < -0.3 is 20.3 Å². The molecule has 1 aliphatic rings. The van der Waals surface area contributed by atoms with Crippen LogP contribution in [-0.2, 0) is 9.59 Å². The molecule has 1 aliphatic carbocycles. The monoisotopic (exact) mass is 551 g/mol. The highest BCUT2D eigenvalue weighted by atomic mass is 19.1. The molecule has 4 aromatic rings. The first kappa shape index (κ1) is 27.5. The number of benzene rings is 2. The van der Waals surface area contributed by atoms with Gasteiger partial charge in [0.2, 0.25) is 11.8 Å². The van der Waals surface area contributed by atoms with E-state index in [0.717, 1.165) is 11.1 Å². The molecular formula is C32H30FN5O3. The fourth-order valence-electron chi connectivity index (χ4n) is 4.37. The molecule has 1 saturated carbocycles. The van der Waals surface area contributed by atoms with Gasteiger partial charge in [-0.1, -0.05) is 30.4 Å². The SMILES string of the molecule is C=C/C(=C\N(C)C)c1cc2nccc(Oc3ccc(NC(=O)C4(C(=O)Nc5ccc(C)cc5)CC4)cc3F)c2cn1. The molecule has 9 heteroatoms. The molecule has 0 bridgehead atoms. The second kappa shape index (κ2) is 11.2. The third kappa shape index (κ3) is 5.94. The number of nitrogens with zero attached hydrogens (tertiary/aromatic N) is 3.